The first-order valence-electron chi connectivity index (χ1n) is 4.45. The van der Waals surface area contributed by atoms with Gasteiger partial charge in [-0.15, -0.1) is 0 Å². The van der Waals surface area contributed by atoms with E-state index in [1.165, 1.54) is 3.83 Å². The molecule has 2 unspecified atom stereocenters. The number of hydrogen-bond acceptors (Lipinski definition) is 3. The number of amides is 1. The van der Waals surface area contributed by atoms with Crippen LogP contribution in [0.2, 0.25) is 0 Å². The third-order valence-electron chi connectivity index (χ3n) is 1.73. The Bertz CT molecular complexity index is 220. The van der Waals surface area contributed by atoms with Crippen molar-refractivity contribution >= 4 is 38.4 Å². The monoisotopic (exact) mass is 262 g/mol. The molecule has 0 aliphatic carbocycles. The first-order chi connectivity index (χ1) is 6.22. The van der Waals surface area contributed by atoms with Crippen LogP contribution in [-0.2, 0) is 4.79 Å². The molecule has 1 amide bonds. The van der Waals surface area contributed by atoms with Gasteiger partial charge in [-0.1, -0.05) is 0 Å². The van der Waals surface area contributed by atoms with E-state index in [1.807, 2.05) is 0 Å². The van der Waals surface area contributed by atoms with Gasteiger partial charge >= 0.3 is 91.6 Å². The maximum absolute atomic E-state index is 11.3. The van der Waals surface area contributed by atoms with E-state index in [2.05, 4.69) is 17.2 Å². The molecular weight excluding hydrogens is 247 g/mol. The molecule has 1 heterocycles. The third kappa shape index (κ3) is 4.19. The second kappa shape index (κ2) is 5.71. The van der Waals surface area contributed by atoms with Crippen molar-refractivity contribution in [2.75, 3.05) is 12.3 Å². The summed E-state index contributed by atoms with van der Waals surface area (Å²) in [5.74, 6) is 1.12. The zero-order valence-electron chi connectivity index (χ0n) is 7.75. The summed E-state index contributed by atoms with van der Waals surface area (Å²) in [6, 6.07) is 0.226. The third-order valence-corrected chi connectivity index (χ3v) is 4.04. The Labute approximate surface area is 91.6 Å². The molecule has 74 valence electrons. The molecule has 0 aromatic rings. The first kappa shape index (κ1) is 11.1. The average molecular weight is 262 g/mol. The predicted octanol–water partition coefficient (Wildman–Crippen LogP) is 0.00720. The van der Waals surface area contributed by atoms with Crippen molar-refractivity contribution in [2.45, 2.75) is 25.8 Å². The number of hydrogen-bond donors (Lipinski definition) is 1. The maximum atomic E-state index is 11.3. The van der Waals surface area contributed by atoms with Crippen LogP contribution in [0.3, 0.4) is 0 Å². The predicted molar refractivity (Wildman–Crippen MR) is 60.1 cm³/mol. The summed E-state index contributed by atoms with van der Waals surface area (Å²) in [6.45, 7) is 2.84. The van der Waals surface area contributed by atoms with Gasteiger partial charge in [0.15, 0.2) is 0 Å². The summed E-state index contributed by atoms with van der Waals surface area (Å²) in [6.07, 6.45) is 1.55. The second-order valence-electron chi connectivity index (χ2n) is 2.99. The van der Waals surface area contributed by atoms with Gasteiger partial charge in [0.05, 0.1) is 0 Å². The van der Waals surface area contributed by atoms with Crippen molar-refractivity contribution in [2.24, 2.45) is 4.99 Å². The van der Waals surface area contributed by atoms with E-state index in [0.29, 0.717) is 6.42 Å². The molecule has 0 spiro atoms. The Morgan fingerprint density at radius 3 is 3.15 bits per heavy atom. The van der Waals surface area contributed by atoms with Crippen LogP contribution in [0.25, 0.3) is 0 Å². The van der Waals surface area contributed by atoms with E-state index in [-0.39, 0.29) is 11.9 Å². The first-order valence-corrected chi connectivity index (χ1v) is 6.65. The molecule has 0 aromatic heterocycles. The standard InChI is InChI=1S/C8H15AsN2OS/c1-2-3-10-7(12)4-6-5-13-8(9)11-6/h6H,2-5,9H2,1H3,(H,10,12). The zero-order chi connectivity index (χ0) is 9.68. The second-order valence-corrected chi connectivity index (χ2v) is 6.05. The van der Waals surface area contributed by atoms with E-state index < -0.39 is 0 Å². The van der Waals surface area contributed by atoms with E-state index in [0.717, 1.165) is 18.7 Å². The number of nitrogens with zero attached hydrogens (tertiary/aromatic N) is 1. The molecule has 0 saturated carbocycles. The van der Waals surface area contributed by atoms with E-state index in [1.54, 1.807) is 28.6 Å². The van der Waals surface area contributed by atoms with Gasteiger partial charge < -0.3 is 0 Å². The fraction of sp³-hybridized carbons (Fsp3) is 0.750. The molecule has 0 fully saturated rings. The summed E-state index contributed by atoms with van der Waals surface area (Å²) >= 11 is 3.33. The van der Waals surface area contributed by atoms with Gasteiger partial charge in [0.1, 0.15) is 0 Å². The van der Waals surface area contributed by atoms with Gasteiger partial charge in [0.25, 0.3) is 0 Å². The van der Waals surface area contributed by atoms with Crippen LogP contribution in [0.15, 0.2) is 4.99 Å². The molecule has 0 radical (unpaired) electrons. The Kier molecular flexibility index (Phi) is 4.89. The van der Waals surface area contributed by atoms with Crippen molar-refractivity contribution in [3.8, 4) is 0 Å². The number of carbonyl (C=O) groups excluding carboxylic acids is 1. The molecule has 0 saturated heterocycles. The van der Waals surface area contributed by atoms with E-state index in [9.17, 15) is 4.79 Å². The molecule has 1 rings (SSSR count). The average Bonchev–Trinajstić information content (AvgIpc) is 2.48. The Morgan fingerprint density at radius 1 is 1.85 bits per heavy atom. The Balaban J connectivity index is 2.21. The number of thioether (sulfide) groups is 1. The summed E-state index contributed by atoms with van der Waals surface area (Å²) in [4.78, 5) is 15.7. The van der Waals surface area contributed by atoms with Gasteiger partial charge in [0, 0.05) is 0 Å². The molecule has 1 N–H and O–H groups in total. The topological polar surface area (TPSA) is 41.5 Å². The van der Waals surface area contributed by atoms with Crippen molar-refractivity contribution in [3.63, 3.8) is 0 Å². The van der Waals surface area contributed by atoms with Crippen LogP contribution in [0.1, 0.15) is 19.8 Å². The van der Waals surface area contributed by atoms with Gasteiger partial charge in [-0.3, -0.25) is 0 Å². The number of nitrogens with one attached hydrogen (secondary N) is 1. The molecule has 2 atom stereocenters. The quantitative estimate of drug-likeness (QED) is 0.725. The summed E-state index contributed by atoms with van der Waals surface area (Å²) < 4.78 is 1.17. The van der Waals surface area contributed by atoms with Crippen molar-refractivity contribution in [1.29, 1.82) is 0 Å². The Hall–Kier alpha value is 0.0484. The number of carbonyl (C=O) groups is 1. The van der Waals surface area contributed by atoms with Crippen LogP contribution in [0.4, 0.5) is 0 Å². The molecule has 5 heteroatoms. The van der Waals surface area contributed by atoms with Crippen LogP contribution in [0.5, 0.6) is 0 Å². The minimum absolute atomic E-state index is 0.137. The normalized spacial score (nSPS) is 21.4. The number of aliphatic imine (C=N–C) groups is 1. The van der Waals surface area contributed by atoms with Gasteiger partial charge in [-0.25, -0.2) is 0 Å². The van der Waals surface area contributed by atoms with Crippen LogP contribution in [0, 0.1) is 0 Å². The van der Waals surface area contributed by atoms with Gasteiger partial charge in [-0.05, 0) is 0 Å². The summed E-state index contributed by atoms with van der Waals surface area (Å²) in [5.41, 5.74) is 0. The molecule has 0 aromatic carbocycles. The minimum atomic E-state index is 0.137. The van der Waals surface area contributed by atoms with Crippen LogP contribution >= 0.6 is 11.8 Å². The zero-order valence-corrected chi connectivity index (χ0v) is 11.0. The van der Waals surface area contributed by atoms with Gasteiger partial charge in [-0.2, -0.15) is 0 Å². The summed E-state index contributed by atoms with van der Waals surface area (Å²) in [5, 5.41) is 2.86. The number of rotatable bonds is 4. The molecule has 1 aliphatic rings. The molecule has 1 aliphatic heterocycles. The van der Waals surface area contributed by atoms with Crippen LogP contribution < -0.4 is 5.32 Å². The SMILES string of the molecule is CCCNC(=O)CC1CSC([AsH2])=N1. The molecule has 0 bridgehead atoms. The van der Waals surface area contributed by atoms with Gasteiger partial charge in [0.2, 0.25) is 0 Å². The van der Waals surface area contributed by atoms with E-state index >= 15 is 0 Å². The van der Waals surface area contributed by atoms with Crippen molar-refractivity contribution in [3.05, 3.63) is 0 Å². The fourth-order valence-electron chi connectivity index (χ4n) is 1.09. The molecule has 3 nitrogen and oxygen atoms in total. The molecular formula is C8H15AsN2OS. The van der Waals surface area contributed by atoms with E-state index in [4.69, 9.17) is 0 Å². The fourth-order valence-corrected chi connectivity index (χ4v) is 2.92. The van der Waals surface area contributed by atoms with Crippen molar-refractivity contribution in [1.82, 2.24) is 5.32 Å². The van der Waals surface area contributed by atoms with Crippen molar-refractivity contribution < 1.29 is 4.79 Å². The van der Waals surface area contributed by atoms with Crippen LogP contribution in [-0.4, -0.2) is 44.9 Å². The summed E-state index contributed by atoms with van der Waals surface area (Å²) in [7, 11) is 0. The Morgan fingerprint density at radius 2 is 2.62 bits per heavy atom. The molecule has 13 heavy (non-hydrogen) atoms.